The summed E-state index contributed by atoms with van der Waals surface area (Å²) in [5.74, 6) is 0.994. The summed E-state index contributed by atoms with van der Waals surface area (Å²) in [7, 11) is 1.49. The molecule has 1 saturated heterocycles. The van der Waals surface area contributed by atoms with Crippen molar-refractivity contribution in [2.75, 3.05) is 16.0 Å². The zero-order valence-electron chi connectivity index (χ0n) is 6.97. The first-order valence-electron chi connectivity index (χ1n) is 3.85. The van der Waals surface area contributed by atoms with Gasteiger partial charge in [0.1, 0.15) is 0 Å². The van der Waals surface area contributed by atoms with E-state index >= 15 is 0 Å². The first kappa shape index (κ1) is 9.29. The molecule has 2 unspecified atom stereocenters. The van der Waals surface area contributed by atoms with Crippen molar-refractivity contribution in [2.24, 2.45) is 11.8 Å². The third-order valence-corrected chi connectivity index (χ3v) is 5.70. The van der Waals surface area contributed by atoms with Crippen LogP contribution in [-0.2, 0) is 9.53 Å². The molecule has 2 nitrogen and oxygen atoms in total. The number of carbonyl (C=O) groups excluding carboxylic acids is 1. The first-order valence-corrected chi connectivity index (χ1v) is 6.90. The molecule has 0 aromatic heterocycles. The SMILES string of the molecule is COC(=O)C1C[I-]CC(C)C1. The van der Waals surface area contributed by atoms with Crippen LogP contribution in [0, 0.1) is 11.8 Å². The number of ether oxygens (including phenoxy) is 1. The van der Waals surface area contributed by atoms with E-state index in [0.29, 0.717) is 21.2 Å². The van der Waals surface area contributed by atoms with Crippen LogP contribution in [0.2, 0.25) is 0 Å². The van der Waals surface area contributed by atoms with Crippen LogP contribution in [0.4, 0.5) is 0 Å². The molecule has 0 amide bonds. The molecule has 2 atom stereocenters. The van der Waals surface area contributed by atoms with Gasteiger partial charge in [-0.2, -0.15) is 0 Å². The topological polar surface area (TPSA) is 26.3 Å². The van der Waals surface area contributed by atoms with Gasteiger partial charge >= 0.3 is 77.9 Å². The fourth-order valence-electron chi connectivity index (χ4n) is 1.32. The zero-order chi connectivity index (χ0) is 8.27. The Hall–Kier alpha value is 0.200. The molecule has 11 heavy (non-hydrogen) atoms. The molecular weight excluding hydrogens is 255 g/mol. The second-order valence-corrected chi connectivity index (χ2v) is 5.90. The van der Waals surface area contributed by atoms with Gasteiger partial charge in [-0.25, -0.2) is 0 Å². The van der Waals surface area contributed by atoms with Crippen LogP contribution in [0.25, 0.3) is 0 Å². The van der Waals surface area contributed by atoms with E-state index in [1.807, 2.05) is 0 Å². The van der Waals surface area contributed by atoms with E-state index in [4.69, 9.17) is 4.74 Å². The van der Waals surface area contributed by atoms with E-state index in [9.17, 15) is 4.79 Å². The second-order valence-electron chi connectivity index (χ2n) is 3.06. The number of hydrogen-bond donors (Lipinski definition) is 0. The molecule has 1 fully saturated rings. The van der Waals surface area contributed by atoms with Crippen LogP contribution in [0.15, 0.2) is 0 Å². The molecule has 0 bridgehead atoms. The number of halogens is 1. The number of esters is 1. The van der Waals surface area contributed by atoms with Crippen molar-refractivity contribution < 1.29 is 30.7 Å². The Morgan fingerprint density at radius 1 is 1.55 bits per heavy atom. The van der Waals surface area contributed by atoms with Gasteiger partial charge in [-0.1, -0.05) is 0 Å². The minimum atomic E-state index is 0.0104. The van der Waals surface area contributed by atoms with Crippen molar-refractivity contribution in [3.05, 3.63) is 0 Å². The second kappa shape index (κ2) is 4.28. The summed E-state index contributed by atoms with van der Waals surface area (Å²) in [5.41, 5.74) is 0. The number of carbonyl (C=O) groups is 1. The Kier molecular flexibility index (Phi) is 3.62. The van der Waals surface area contributed by atoms with Crippen molar-refractivity contribution in [3.63, 3.8) is 0 Å². The minimum absolute atomic E-state index is 0.0104. The van der Waals surface area contributed by atoms with Crippen molar-refractivity contribution in [1.29, 1.82) is 0 Å². The summed E-state index contributed by atoms with van der Waals surface area (Å²) >= 11 is 0.294. The van der Waals surface area contributed by atoms with Crippen LogP contribution in [0.5, 0.6) is 0 Å². The molecule has 0 radical (unpaired) electrons. The summed E-state index contributed by atoms with van der Waals surface area (Å²) in [5, 5.41) is 0. The molecule has 1 aliphatic rings. The molecule has 1 rings (SSSR count). The Morgan fingerprint density at radius 3 is 2.82 bits per heavy atom. The Labute approximate surface area is 77.9 Å². The quantitative estimate of drug-likeness (QED) is 0.310. The molecule has 1 heterocycles. The third kappa shape index (κ3) is 2.61. The van der Waals surface area contributed by atoms with Crippen molar-refractivity contribution >= 4 is 5.97 Å². The van der Waals surface area contributed by atoms with E-state index in [0.717, 1.165) is 16.8 Å². The van der Waals surface area contributed by atoms with Gasteiger partial charge in [0.15, 0.2) is 0 Å². The van der Waals surface area contributed by atoms with E-state index < -0.39 is 0 Å². The Balaban J connectivity index is 2.39. The predicted molar refractivity (Wildman–Crippen MR) is 39.0 cm³/mol. The third-order valence-electron chi connectivity index (χ3n) is 1.89. The van der Waals surface area contributed by atoms with Gasteiger partial charge in [-0.05, 0) is 0 Å². The monoisotopic (exact) mass is 269 g/mol. The van der Waals surface area contributed by atoms with E-state index in [-0.39, 0.29) is 11.9 Å². The van der Waals surface area contributed by atoms with Crippen molar-refractivity contribution in [3.8, 4) is 0 Å². The fourth-order valence-corrected chi connectivity index (χ4v) is 4.57. The first-order chi connectivity index (χ1) is 5.24. The summed E-state index contributed by atoms with van der Waals surface area (Å²) < 4.78 is 7.23. The summed E-state index contributed by atoms with van der Waals surface area (Å²) in [6.45, 7) is 2.23. The maximum atomic E-state index is 11.1. The molecule has 0 aliphatic carbocycles. The summed E-state index contributed by atoms with van der Waals surface area (Å²) in [4.78, 5) is 11.1. The molecule has 0 aromatic carbocycles. The average molecular weight is 269 g/mol. The molecule has 66 valence electrons. The molecule has 1 aliphatic heterocycles. The van der Waals surface area contributed by atoms with Crippen molar-refractivity contribution in [1.82, 2.24) is 0 Å². The van der Waals surface area contributed by atoms with E-state index in [1.54, 1.807) is 0 Å². The van der Waals surface area contributed by atoms with Gasteiger partial charge in [0.2, 0.25) is 0 Å². The van der Waals surface area contributed by atoms with Gasteiger partial charge in [0, 0.05) is 0 Å². The number of alkyl halides is 2. The van der Waals surface area contributed by atoms with Gasteiger partial charge in [0.05, 0.1) is 0 Å². The molecule has 0 aromatic rings. The van der Waals surface area contributed by atoms with Crippen LogP contribution in [-0.4, -0.2) is 21.9 Å². The van der Waals surface area contributed by atoms with Gasteiger partial charge in [0.25, 0.3) is 0 Å². The number of hydrogen-bond acceptors (Lipinski definition) is 2. The molecule has 3 heteroatoms. The summed E-state index contributed by atoms with van der Waals surface area (Å²) in [6.07, 6.45) is 1.05. The normalized spacial score (nSPS) is 32.2. The molecule has 0 saturated carbocycles. The molecule has 0 spiro atoms. The Morgan fingerprint density at radius 2 is 2.27 bits per heavy atom. The van der Waals surface area contributed by atoms with Gasteiger partial charge < -0.3 is 0 Å². The number of rotatable bonds is 1. The van der Waals surface area contributed by atoms with Crippen molar-refractivity contribution in [2.45, 2.75) is 13.3 Å². The van der Waals surface area contributed by atoms with Gasteiger partial charge in [-0.3, -0.25) is 0 Å². The van der Waals surface area contributed by atoms with Crippen LogP contribution in [0.3, 0.4) is 0 Å². The van der Waals surface area contributed by atoms with E-state index in [1.165, 1.54) is 11.5 Å². The van der Waals surface area contributed by atoms with Crippen LogP contribution >= 0.6 is 0 Å². The number of methoxy groups -OCH3 is 1. The fraction of sp³-hybridized carbons (Fsp3) is 0.875. The van der Waals surface area contributed by atoms with Gasteiger partial charge in [-0.15, -0.1) is 0 Å². The predicted octanol–water partition coefficient (Wildman–Crippen LogP) is -2.10. The van der Waals surface area contributed by atoms with Crippen LogP contribution < -0.4 is 21.2 Å². The maximum absolute atomic E-state index is 11.1. The standard InChI is InChI=1S/C8H14IO2/c1-6-3-7(5-9-4-6)8(10)11-2/h6-7H,3-5H2,1-2H3/q-1. The van der Waals surface area contributed by atoms with Crippen LogP contribution in [0.1, 0.15) is 13.3 Å². The molecule has 0 N–H and O–H groups in total. The molecular formula is C8H14IO2-. The Bertz CT molecular complexity index is 147. The average Bonchev–Trinajstić information content (AvgIpc) is 2.03. The zero-order valence-corrected chi connectivity index (χ0v) is 9.13. The summed E-state index contributed by atoms with van der Waals surface area (Å²) in [6, 6.07) is 0. The van der Waals surface area contributed by atoms with E-state index in [2.05, 4.69) is 6.92 Å².